The van der Waals surface area contributed by atoms with Crippen molar-refractivity contribution in [1.29, 1.82) is 0 Å². The molecule has 0 aromatic heterocycles. The number of hydrogen-bond donors (Lipinski definition) is 0. The van der Waals surface area contributed by atoms with Crippen LogP contribution in [0.15, 0.2) is 18.2 Å². The Morgan fingerprint density at radius 3 is 2.71 bits per heavy atom. The van der Waals surface area contributed by atoms with Gasteiger partial charge in [0.2, 0.25) is 0 Å². The quantitative estimate of drug-likeness (QED) is 0.583. The molecule has 0 saturated heterocycles. The molecule has 0 aliphatic rings. The highest BCUT2D eigenvalue weighted by atomic mass is 35.5. The smallest absolute Gasteiger partial charge is 0.328 e. The van der Waals surface area contributed by atoms with Crippen molar-refractivity contribution in [3.8, 4) is 0 Å². The SMILES string of the molecule is COC(=O)[C@H](Cl)c1c(F)cccc1Cl. The lowest BCUT2D eigenvalue weighted by molar-refractivity contribution is -0.140. The van der Waals surface area contributed by atoms with E-state index < -0.39 is 17.2 Å². The van der Waals surface area contributed by atoms with Gasteiger partial charge in [-0.25, -0.2) is 4.39 Å². The Bertz CT molecular complexity index is 334. The van der Waals surface area contributed by atoms with Crippen LogP contribution in [0.5, 0.6) is 0 Å². The minimum Gasteiger partial charge on any atom is -0.468 e. The summed E-state index contributed by atoms with van der Waals surface area (Å²) in [4.78, 5) is 11.0. The lowest BCUT2D eigenvalue weighted by atomic mass is 10.1. The molecule has 1 aromatic rings. The van der Waals surface area contributed by atoms with Gasteiger partial charge in [-0.05, 0) is 12.1 Å². The van der Waals surface area contributed by atoms with Gasteiger partial charge in [0.15, 0.2) is 5.38 Å². The number of esters is 1. The van der Waals surface area contributed by atoms with Crippen LogP contribution in [-0.2, 0) is 9.53 Å². The van der Waals surface area contributed by atoms with Crippen molar-refractivity contribution in [2.45, 2.75) is 5.38 Å². The fourth-order valence-corrected chi connectivity index (χ4v) is 1.61. The molecule has 1 rings (SSSR count). The van der Waals surface area contributed by atoms with E-state index in [0.717, 1.165) is 0 Å². The number of carbonyl (C=O) groups is 1. The molecule has 5 heteroatoms. The van der Waals surface area contributed by atoms with Crippen LogP contribution in [0.3, 0.4) is 0 Å². The standard InChI is InChI=1S/C9H7Cl2FO2/c1-14-9(13)8(11)7-5(10)3-2-4-6(7)12/h2-4,8H,1H3/t8-/m1/s1. The van der Waals surface area contributed by atoms with Gasteiger partial charge >= 0.3 is 5.97 Å². The second kappa shape index (κ2) is 4.62. The Morgan fingerprint density at radius 2 is 2.21 bits per heavy atom. The molecule has 0 fully saturated rings. The molecule has 0 amide bonds. The molecule has 0 heterocycles. The number of halogens is 3. The minimum absolute atomic E-state index is 0.0531. The second-order valence-corrected chi connectivity index (χ2v) is 3.36. The van der Waals surface area contributed by atoms with Crippen LogP contribution < -0.4 is 0 Å². The van der Waals surface area contributed by atoms with Crippen LogP contribution in [0.25, 0.3) is 0 Å². The maximum atomic E-state index is 13.2. The van der Waals surface area contributed by atoms with Gasteiger partial charge < -0.3 is 4.74 Å². The van der Waals surface area contributed by atoms with E-state index >= 15 is 0 Å². The summed E-state index contributed by atoms with van der Waals surface area (Å²) in [6, 6.07) is 4.07. The summed E-state index contributed by atoms with van der Waals surface area (Å²) in [6.07, 6.45) is 0. The molecule has 1 aromatic carbocycles. The molecule has 1 atom stereocenters. The van der Waals surface area contributed by atoms with Crippen molar-refractivity contribution in [3.63, 3.8) is 0 Å². The first-order valence-corrected chi connectivity index (χ1v) is 4.55. The number of carbonyl (C=O) groups excluding carboxylic acids is 1. The van der Waals surface area contributed by atoms with Crippen molar-refractivity contribution in [2.75, 3.05) is 7.11 Å². The number of alkyl halides is 1. The number of methoxy groups -OCH3 is 1. The predicted molar refractivity (Wildman–Crippen MR) is 52.0 cm³/mol. The van der Waals surface area contributed by atoms with Gasteiger partial charge in [-0.1, -0.05) is 17.7 Å². The third-order valence-electron chi connectivity index (χ3n) is 1.66. The van der Waals surface area contributed by atoms with Crippen molar-refractivity contribution in [1.82, 2.24) is 0 Å². The zero-order valence-electron chi connectivity index (χ0n) is 7.26. The van der Waals surface area contributed by atoms with Crippen LogP contribution in [0.4, 0.5) is 4.39 Å². The summed E-state index contributed by atoms with van der Waals surface area (Å²) >= 11 is 11.4. The van der Waals surface area contributed by atoms with Gasteiger partial charge in [0.25, 0.3) is 0 Å². The van der Waals surface area contributed by atoms with Gasteiger partial charge in [0.05, 0.1) is 7.11 Å². The van der Waals surface area contributed by atoms with E-state index in [1.54, 1.807) is 0 Å². The lowest BCUT2D eigenvalue weighted by Crippen LogP contribution is -2.10. The van der Waals surface area contributed by atoms with Gasteiger partial charge in [0, 0.05) is 10.6 Å². The van der Waals surface area contributed by atoms with Crippen LogP contribution in [0, 0.1) is 5.82 Å². The summed E-state index contributed by atoms with van der Waals surface area (Å²) in [7, 11) is 1.17. The van der Waals surface area contributed by atoms with Gasteiger partial charge in [0.1, 0.15) is 5.82 Å². The molecular formula is C9H7Cl2FO2. The molecule has 2 nitrogen and oxygen atoms in total. The lowest BCUT2D eigenvalue weighted by Gasteiger charge is -2.09. The summed E-state index contributed by atoms with van der Waals surface area (Å²) < 4.78 is 17.6. The molecule has 76 valence electrons. The molecule has 0 aliphatic heterocycles. The number of rotatable bonds is 2. The first-order valence-electron chi connectivity index (χ1n) is 3.73. The molecule has 0 saturated carbocycles. The Hall–Kier alpha value is -0.800. The Kier molecular flexibility index (Phi) is 3.72. The summed E-state index contributed by atoms with van der Waals surface area (Å²) in [5.41, 5.74) is -0.0531. The van der Waals surface area contributed by atoms with Crippen molar-refractivity contribution in [3.05, 3.63) is 34.6 Å². The van der Waals surface area contributed by atoms with Gasteiger partial charge in [-0.15, -0.1) is 11.6 Å². The molecule has 0 unspecified atom stereocenters. The highest BCUT2D eigenvalue weighted by Gasteiger charge is 2.24. The topological polar surface area (TPSA) is 26.3 Å². The summed E-state index contributed by atoms with van der Waals surface area (Å²) in [5, 5.41) is -1.11. The average molecular weight is 237 g/mol. The normalized spacial score (nSPS) is 12.3. The first kappa shape index (κ1) is 11.3. The largest absolute Gasteiger partial charge is 0.468 e. The number of benzene rings is 1. The highest BCUT2D eigenvalue weighted by molar-refractivity contribution is 6.35. The monoisotopic (exact) mass is 236 g/mol. The molecule has 0 N–H and O–H groups in total. The molecule has 0 bridgehead atoms. The zero-order chi connectivity index (χ0) is 10.7. The van der Waals surface area contributed by atoms with Crippen LogP contribution in [0.2, 0.25) is 5.02 Å². The van der Waals surface area contributed by atoms with E-state index in [-0.39, 0.29) is 10.6 Å². The van der Waals surface area contributed by atoms with Crippen molar-refractivity contribution in [2.24, 2.45) is 0 Å². The van der Waals surface area contributed by atoms with Gasteiger partial charge in [-0.2, -0.15) is 0 Å². The molecule has 14 heavy (non-hydrogen) atoms. The van der Waals surface area contributed by atoms with E-state index in [4.69, 9.17) is 23.2 Å². The third-order valence-corrected chi connectivity index (χ3v) is 2.39. The fraction of sp³-hybridized carbons (Fsp3) is 0.222. The summed E-state index contributed by atoms with van der Waals surface area (Å²) in [5.74, 6) is -1.36. The van der Waals surface area contributed by atoms with E-state index in [1.807, 2.05) is 0 Å². The molecular weight excluding hydrogens is 230 g/mol. The maximum absolute atomic E-state index is 13.2. The van der Waals surface area contributed by atoms with E-state index in [1.165, 1.54) is 25.3 Å². The molecule has 0 spiro atoms. The Morgan fingerprint density at radius 1 is 1.57 bits per heavy atom. The van der Waals surface area contributed by atoms with Crippen LogP contribution >= 0.6 is 23.2 Å². The van der Waals surface area contributed by atoms with Gasteiger partial charge in [-0.3, -0.25) is 4.79 Å². The van der Waals surface area contributed by atoms with E-state index in [9.17, 15) is 9.18 Å². The zero-order valence-corrected chi connectivity index (χ0v) is 8.77. The number of ether oxygens (including phenoxy) is 1. The predicted octanol–water partition coefficient (Wildman–Crippen LogP) is 2.93. The Balaban J connectivity index is 3.11. The van der Waals surface area contributed by atoms with Crippen LogP contribution in [0.1, 0.15) is 10.9 Å². The van der Waals surface area contributed by atoms with E-state index in [2.05, 4.69) is 4.74 Å². The number of hydrogen-bond acceptors (Lipinski definition) is 2. The molecule has 0 radical (unpaired) electrons. The minimum atomic E-state index is -1.21. The van der Waals surface area contributed by atoms with E-state index in [0.29, 0.717) is 0 Å². The third kappa shape index (κ3) is 2.16. The second-order valence-electron chi connectivity index (χ2n) is 2.52. The first-order chi connectivity index (χ1) is 6.57. The highest BCUT2D eigenvalue weighted by Crippen LogP contribution is 2.30. The Labute approximate surface area is 90.6 Å². The fourth-order valence-electron chi connectivity index (χ4n) is 0.974. The summed E-state index contributed by atoms with van der Waals surface area (Å²) in [6.45, 7) is 0. The van der Waals surface area contributed by atoms with Crippen molar-refractivity contribution < 1.29 is 13.9 Å². The maximum Gasteiger partial charge on any atom is 0.328 e. The molecule has 0 aliphatic carbocycles. The average Bonchev–Trinajstić information content (AvgIpc) is 2.16. The van der Waals surface area contributed by atoms with Crippen LogP contribution in [-0.4, -0.2) is 13.1 Å². The van der Waals surface area contributed by atoms with Crippen molar-refractivity contribution >= 4 is 29.2 Å².